The summed E-state index contributed by atoms with van der Waals surface area (Å²) in [5, 5.41) is 10.4. The number of hydrogen-bond donors (Lipinski definition) is 1. The number of hydrogen-bond acceptors (Lipinski definition) is 4. The Kier molecular flexibility index (Phi) is 5.24. The lowest BCUT2D eigenvalue weighted by atomic mass is 10.2. The normalized spacial score (nSPS) is 10.7. The van der Waals surface area contributed by atoms with Gasteiger partial charge in [-0.05, 0) is 41.4 Å². The number of nitrogens with zero attached hydrogens (tertiary/aromatic N) is 1. The number of benzene rings is 1. The van der Waals surface area contributed by atoms with Crippen molar-refractivity contribution < 1.29 is 14.6 Å². The van der Waals surface area contributed by atoms with E-state index in [9.17, 15) is 9.90 Å². The van der Waals surface area contributed by atoms with E-state index in [0.717, 1.165) is 15.8 Å². The van der Waals surface area contributed by atoms with Crippen molar-refractivity contribution in [3.05, 3.63) is 32.2 Å². The Morgan fingerprint density at radius 2 is 2.19 bits per heavy atom. The summed E-state index contributed by atoms with van der Waals surface area (Å²) < 4.78 is 6.35. The number of ether oxygens (including phenoxy) is 1. The van der Waals surface area contributed by atoms with Crippen molar-refractivity contribution in [2.45, 2.75) is 20.3 Å². The van der Waals surface area contributed by atoms with E-state index < -0.39 is 5.97 Å². The number of aryl methyl sites for hydroxylation is 1. The molecule has 1 aromatic carbocycles. The van der Waals surface area contributed by atoms with Gasteiger partial charge in [0.1, 0.15) is 15.6 Å². The summed E-state index contributed by atoms with van der Waals surface area (Å²) in [6.45, 7) is 4.25. The molecule has 0 bridgehead atoms. The molecule has 112 valence electrons. The Morgan fingerprint density at radius 3 is 2.71 bits per heavy atom. The van der Waals surface area contributed by atoms with Crippen LogP contribution in [0.4, 0.5) is 0 Å². The van der Waals surface area contributed by atoms with Gasteiger partial charge in [0.15, 0.2) is 0 Å². The number of aromatic nitrogens is 1. The molecule has 0 unspecified atom stereocenters. The van der Waals surface area contributed by atoms with Crippen LogP contribution in [0, 0.1) is 0 Å². The molecule has 0 atom stereocenters. The Bertz CT molecular complexity index is 687. The number of halogens is 2. The summed E-state index contributed by atoms with van der Waals surface area (Å²) in [7, 11) is 0. The van der Waals surface area contributed by atoms with E-state index in [0.29, 0.717) is 40.1 Å². The van der Waals surface area contributed by atoms with Crippen LogP contribution in [0.15, 0.2) is 16.6 Å². The lowest BCUT2D eigenvalue weighted by molar-refractivity contribution is 0.0701. The van der Waals surface area contributed by atoms with Crippen LogP contribution in [0.2, 0.25) is 5.02 Å². The molecule has 0 aliphatic rings. The lowest BCUT2D eigenvalue weighted by Crippen LogP contribution is -1.97. The first-order valence-electron chi connectivity index (χ1n) is 6.33. The van der Waals surface area contributed by atoms with Gasteiger partial charge >= 0.3 is 5.97 Å². The molecule has 0 saturated heterocycles. The van der Waals surface area contributed by atoms with Gasteiger partial charge in [0, 0.05) is 5.02 Å². The standard InChI is InChI=1S/C14H13BrClNO3S/c1-3-10-12(14(18)19)21-13(17-10)8-5-7(16)6-9(15)11(8)20-4-2/h5-6H,3-4H2,1-2H3,(H,18,19). The van der Waals surface area contributed by atoms with Crippen molar-refractivity contribution in [1.82, 2.24) is 4.98 Å². The number of carbonyl (C=O) groups is 1. The minimum absolute atomic E-state index is 0.256. The molecule has 21 heavy (non-hydrogen) atoms. The van der Waals surface area contributed by atoms with E-state index in [2.05, 4.69) is 20.9 Å². The van der Waals surface area contributed by atoms with Gasteiger partial charge in [-0.2, -0.15) is 0 Å². The van der Waals surface area contributed by atoms with Gasteiger partial charge in [-0.15, -0.1) is 11.3 Å². The van der Waals surface area contributed by atoms with Crippen LogP contribution in [0.25, 0.3) is 10.6 Å². The number of aromatic carboxylic acids is 1. The molecule has 0 aliphatic heterocycles. The summed E-state index contributed by atoms with van der Waals surface area (Å²) >= 11 is 10.6. The molecule has 1 aromatic heterocycles. The van der Waals surface area contributed by atoms with Gasteiger partial charge in [0.05, 0.1) is 22.3 Å². The fraction of sp³-hybridized carbons (Fsp3) is 0.286. The average Bonchev–Trinajstić information content (AvgIpc) is 2.85. The van der Waals surface area contributed by atoms with E-state index in [-0.39, 0.29) is 4.88 Å². The Hall–Kier alpha value is -1.11. The minimum Gasteiger partial charge on any atom is -0.492 e. The number of carboxylic acid groups (broad SMARTS) is 1. The maximum absolute atomic E-state index is 11.3. The van der Waals surface area contributed by atoms with E-state index in [4.69, 9.17) is 16.3 Å². The summed E-state index contributed by atoms with van der Waals surface area (Å²) in [4.78, 5) is 16.0. The van der Waals surface area contributed by atoms with Gasteiger partial charge in [-0.1, -0.05) is 18.5 Å². The molecule has 7 heteroatoms. The molecule has 1 heterocycles. The first-order chi connectivity index (χ1) is 9.97. The Balaban J connectivity index is 2.63. The molecular weight excluding hydrogens is 378 g/mol. The molecule has 1 N–H and O–H groups in total. The summed E-state index contributed by atoms with van der Waals surface area (Å²) in [6, 6.07) is 3.48. The van der Waals surface area contributed by atoms with Crippen molar-refractivity contribution in [2.75, 3.05) is 6.61 Å². The SMILES string of the molecule is CCOc1c(Br)cc(Cl)cc1-c1nc(CC)c(C(=O)O)s1. The highest BCUT2D eigenvalue weighted by Gasteiger charge is 2.20. The van der Waals surface area contributed by atoms with Crippen LogP contribution in [0.1, 0.15) is 29.2 Å². The van der Waals surface area contributed by atoms with E-state index in [1.165, 1.54) is 0 Å². The second-order valence-corrected chi connectivity index (χ2v) is 6.44. The van der Waals surface area contributed by atoms with Crippen LogP contribution in [0.3, 0.4) is 0 Å². The summed E-state index contributed by atoms with van der Waals surface area (Å²) in [6.07, 6.45) is 0.559. The quantitative estimate of drug-likeness (QED) is 0.790. The van der Waals surface area contributed by atoms with Crippen LogP contribution in [-0.2, 0) is 6.42 Å². The number of rotatable bonds is 5. The highest BCUT2D eigenvalue weighted by atomic mass is 79.9. The molecule has 0 amide bonds. The summed E-state index contributed by atoms with van der Waals surface area (Å²) in [5.74, 6) is -0.343. The third kappa shape index (κ3) is 3.39. The molecule has 4 nitrogen and oxygen atoms in total. The van der Waals surface area contributed by atoms with Gasteiger partial charge in [-0.25, -0.2) is 9.78 Å². The van der Waals surface area contributed by atoms with Gasteiger partial charge < -0.3 is 9.84 Å². The zero-order valence-corrected chi connectivity index (χ0v) is 14.6. The molecule has 0 aliphatic carbocycles. The monoisotopic (exact) mass is 389 g/mol. The van der Waals surface area contributed by atoms with Crippen LogP contribution < -0.4 is 4.74 Å². The maximum atomic E-state index is 11.3. The predicted molar refractivity (Wildman–Crippen MR) is 87.8 cm³/mol. The minimum atomic E-state index is -0.963. The van der Waals surface area contributed by atoms with Crippen LogP contribution >= 0.6 is 38.9 Å². The maximum Gasteiger partial charge on any atom is 0.347 e. The van der Waals surface area contributed by atoms with E-state index in [1.807, 2.05) is 13.8 Å². The highest BCUT2D eigenvalue weighted by molar-refractivity contribution is 9.10. The van der Waals surface area contributed by atoms with Crippen molar-refractivity contribution in [3.8, 4) is 16.3 Å². The highest BCUT2D eigenvalue weighted by Crippen LogP contribution is 2.41. The number of carboxylic acids is 1. The van der Waals surface area contributed by atoms with Crippen LogP contribution in [-0.4, -0.2) is 22.7 Å². The first-order valence-corrected chi connectivity index (χ1v) is 8.31. The average molecular weight is 391 g/mol. The molecular formula is C14H13BrClNO3S. The molecule has 2 aromatic rings. The molecule has 0 fully saturated rings. The van der Waals surface area contributed by atoms with Crippen molar-refractivity contribution in [2.24, 2.45) is 0 Å². The van der Waals surface area contributed by atoms with Gasteiger partial charge in [0.2, 0.25) is 0 Å². The first kappa shape index (κ1) is 16.3. The fourth-order valence-corrected chi connectivity index (χ4v) is 3.81. The van der Waals surface area contributed by atoms with E-state index >= 15 is 0 Å². The molecule has 0 spiro atoms. The van der Waals surface area contributed by atoms with Crippen LogP contribution in [0.5, 0.6) is 5.75 Å². The second kappa shape index (κ2) is 6.77. The predicted octanol–water partition coefficient (Wildman–Crippen LogP) is 4.89. The van der Waals surface area contributed by atoms with E-state index in [1.54, 1.807) is 12.1 Å². The Labute approximate surface area is 139 Å². The second-order valence-electron chi connectivity index (χ2n) is 4.15. The largest absolute Gasteiger partial charge is 0.492 e. The van der Waals surface area contributed by atoms with Gasteiger partial charge in [-0.3, -0.25) is 0 Å². The zero-order chi connectivity index (χ0) is 15.6. The zero-order valence-electron chi connectivity index (χ0n) is 11.4. The molecule has 0 radical (unpaired) electrons. The van der Waals surface area contributed by atoms with Crippen molar-refractivity contribution >= 4 is 44.8 Å². The smallest absolute Gasteiger partial charge is 0.347 e. The third-order valence-corrected chi connectivity index (χ3v) is 4.68. The Morgan fingerprint density at radius 1 is 1.48 bits per heavy atom. The summed E-state index contributed by atoms with van der Waals surface area (Å²) in [5.41, 5.74) is 1.27. The molecule has 0 saturated carbocycles. The van der Waals surface area contributed by atoms with Gasteiger partial charge in [0.25, 0.3) is 0 Å². The third-order valence-electron chi connectivity index (χ3n) is 2.75. The van der Waals surface area contributed by atoms with Crippen molar-refractivity contribution in [1.29, 1.82) is 0 Å². The number of thiazole rings is 1. The lowest BCUT2D eigenvalue weighted by Gasteiger charge is -2.11. The molecule has 2 rings (SSSR count). The van der Waals surface area contributed by atoms with Crippen molar-refractivity contribution in [3.63, 3.8) is 0 Å². The fourth-order valence-electron chi connectivity index (χ4n) is 1.88. The topological polar surface area (TPSA) is 59.4 Å².